The van der Waals surface area contributed by atoms with Crippen molar-refractivity contribution in [2.75, 3.05) is 26.2 Å². The van der Waals surface area contributed by atoms with Crippen molar-refractivity contribution in [3.63, 3.8) is 0 Å². The molecule has 2 rings (SSSR count). The second kappa shape index (κ2) is 7.20. The maximum absolute atomic E-state index is 13.5. The highest BCUT2D eigenvalue weighted by atomic mass is 19.1. The minimum absolute atomic E-state index is 0.0221. The molecule has 0 aliphatic carbocycles. The topological polar surface area (TPSA) is 58.6 Å². The van der Waals surface area contributed by atoms with Gasteiger partial charge in [0.15, 0.2) is 0 Å². The Balaban J connectivity index is 1.82. The number of rotatable bonds is 4. The van der Waals surface area contributed by atoms with Crippen molar-refractivity contribution >= 4 is 12.0 Å². The van der Waals surface area contributed by atoms with Gasteiger partial charge in [0.05, 0.1) is 6.61 Å². The number of hydrogen-bond acceptors (Lipinski definition) is 3. The van der Waals surface area contributed by atoms with Crippen LogP contribution in [0, 0.1) is 17.6 Å². The molecule has 7 heteroatoms. The summed E-state index contributed by atoms with van der Waals surface area (Å²) in [6.45, 7) is 2.63. The van der Waals surface area contributed by atoms with Crippen molar-refractivity contribution in [3.8, 4) is 0 Å². The number of piperazine rings is 1. The van der Waals surface area contributed by atoms with Crippen molar-refractivity contribution < 1.29 is 23.1 Å². The molecular weight excluding hydrogens is 294 g/mol. The Bertz CT molecular complexity index is 566. The normalized spacial score (nSPS) is 16.1. The average Bonchev–Trinajstić information content (AvgIpc) is 2.48. The van der Waals surface area contributed by atoms with E-state index in [4.69, 9.17) is 4.74 Å². The van der Waals surface area contributed by atoms with Crippen LogP contribution in [-0.2, 0) is 16.0 Å². The summed E-state index contributed by atoms with van der Waals surface area (Å²) < 4.78 is 31.8. The fourth-order valence-corrected chi connectivity index (χ4v) is 2.23. The lowest BCUT2D eigenvalue weighted by Crippen LogP contribution is -2.50. The SMILES string of the molecule is C[C@@H](COC(=O)N1CCNC(=O)C1)Cc1cc(F)ccc1F. The van der Waals surface area contributed by atoms with E-state index in [1.54, 1.807) is 6.92 Å². The van der Waals surface area contributed by atoms with E-state index in [2.05, 4.69) is 5.32 Å². The highest BCUT2D eigenvalue weighted by Crippen LogP contribution is 2.15. The van der Waals surface area contributed by atoms with E-state index < -0.39 is 17.7 Å². The van der Waals surface area contributed by atoms with E-state index in [1.165, 1.54) is 4.90 Å². The lowest BCUT2D eigenvalue weighted by atomic mass is 10.0. The third-order valence-corrected chi connectivity index (χ3v) is 3.36. The Morgan fingerprint density at radius 3 is 2.95 bits per heavy atom. The van der Waals surface area contributed by atoms with Crippen LogP contribution < -0.4 is 5.32 Å². The number of nitrogens with zero attached hydrogens (tertiary/aromatic N) is 1. The Kier molecular flexibility index (Phi) is 5.30. The van der Waals surface area contributed by atoms with Crippen LogP contribution >= 0.6 is 0 Å². The van der Waals surface area contributed by atoms with Gasteiger partial charge in [-0.3, -0.25) is 9.69 Å². The predicted octanol–water partition coefficient (Wildman–Crippen LogP) is 1.71. The molecule has 0 bridgehead atoms. The van der Waals surface area contributed by atoms with Gasteiger partial charge in [-0.2, -0.15) is 0 Å². The summed E-state index contributed by atoms with van der Waals surface area (Å²) in [4.78, 5) is 24.3. The molecule has 1 atom stereocenters. The molecule has 1 aromatic rings. The zero-order valence-corrected chi connectivity index (χ0v) is 12.3. The summed E-state index contributed by atoms with van der Waals surface area (Å²) >= 11 is 0. The summed E-state index contributed by atoms with van der Waals surface area (Å²) in [5.74, 6) is -1.37. The van der Waals surface area contributed by atoms with E-state index in [-0.39, 0.29) is 37.0 Å². The predicted molar refractivity (Wildman–Crippen MR) is 75.2 cm³/mol. The zero-order valence-electron chi connectivity index (χ0n) is 12.3. The zero-order chi connectivity index (χ0) is 16.1. The highest BCUT2D eigenvalue weighted by molar-refractivity contribution is 5.83. The quantitative estimate of drug-likeness (QED) is 0.921. The number of hydrogen-bond donors (Lipinski definition) is 1. The Morgan fingerprint density at radius 2 is 2.23 bits per heavy atom. The van der Waals surface area contributed by atoms with E-state index in [1.807, 2.05) is 0 Å². The first-order valence-corrected chi connectivity index (χ1v) is 7.08. The van der Waals surface area contributed by atoms with Gasteiger partial charge >= 0.3 is 6.09 Å². The van der Waals surface area contributed by atoms with Crippen molar-refractivity contribution in [1.82, 2.24) is 10.2 Å². The van der Waals surface area contributed by atoms with Crippen molar-refractivity contribution in [3.05, 3.63) is 35.4 Å². The van der Waals surface area contributed by atoms with Crippen molar-refractivity contribution in [2.24, 2.45) is 5.92 Å². The molecule has 5 nitrogen and oxygen atoms in total. The van der Waals surface area contributed by atoms with Crippen LogP contribution in [0.4, 0.5) is 13.6 Å². The lowest BCUT2D eigenvalue weighted by molar-refractivity contribution is -0.123. The van der Waals surface area contributed by atoms with E-state index in [0.717, 1.165) is 18.2 Å². The first-order valence-electron chi connectivity index (χ1n) is 7.08. The molecule has 1 heterocycles. The summed E-state index contributed by atoms with van der Waals surface area (Å²) in [7, 11) is 0. The van der Waals surface area contributed by atoms with Gasteiger partial charge in [-0.1, -0.05) is 6.92 Å². The smallest absolute Gasteiger partial charge is 0.410 e. The number of amides is 2. The van der Waals surface area contributed by atoms with Crippen LogP contribution in [0.2, 0.25) is 0 Å². The Labute approximate surface area is 127 Å². The van der Waals surface area contributed by atoms with Crippen molar-refractivity contribution in [2.45, 2.75) is 13.3 Å². The number of carbonyl (C=O) groups excluding carboxylic acids is 2. The highest BCUT2D eigenvalue weighted by Gasteiger charge is 2.22. The second-order valence-corrected chi connectivity index (χ2v) is 5.39. The van der Waals surface area contributed by atoms with Crippen LogP contribution in [0.25, 0.3) is 0 Å². The summed E-state index contributed by atoms with van der Waals surface area (Å²) in [6, 6.07) is 3.28. The summed E-state index contributed by atoms with van der Waals surface area (Å²) in [5, 5.41) is 2.61. The maximum Gasteiger partial charge on any atom is 0.410 e. The molecule has 0 unspecified atom stereocenters. The summed E-state index contributed by atoms with van der Waals surface area (Å²) in [6.07, 6.45) is -0.307. The molecule has 1 aliphatic rings. The summed E-state index contributed by atoms with van der Waals surface area (Å²) in [5.41, 5.74) is 0.251. The molecule has 1 saturated heterocycles. The third kappa shape index (κ3) is 4.41. The first-order chi connectivity index (χ1) is 10.5. The molecule has 0 aromatic heterocycles. The molecule has 1 aliphatic heterocycles. The molecule has 0 saturated carbocycles. The molecule has 0 radical (unpaired) electrons. The number of halogens is 2. The standard InChI is InChI=1S/C15H18F2N2O3/c1-10(6-11-7-12(16)2-3-13(11)17)9-22-15(21)19-5-4-18-14(20)8-19/h2-3,7,10H,4-6,8-9H2,1H3,(H,18,20)/t10-/m1/s1. The number of carbonyl (C=O) groups is 2. The van der Waals surface area contributed by atoms with Crippen LogP contribution in [0.1, 0.15) is 12.5 Å². The molecule has 0 spiro atoms. The van der Waals surface area contributed by atoms with Gasteiger partial charge in [-0.15, -0.1) is 0 Å². The largest absolute Gasteiger partial charge is 0.449 e. The molecule has 22 heavy (non-hydrogen) atoms. The maximum atomic E-state index is 13.5. The second-order valence-electron chi connectivity index (χ2n) is 5.39. The third-order valence-electron chi connectivity index (χ3n) is 3.36. The fraction of sp³-hybridized carbons (Fsp3) is 0.467. The lowest BCUT2D eigenvalue weighted by Gasteiger charge is -2.26. The van der Waals surface area contributed by atoms with Crippen LogP contribution in [-0.4, -0.2) is 43.1 Å². The fourth-order valence-electron chi connectivity index (χ4n) is 2.23. The van der Waals surface area contributed by atoms with Crippen molar-refractivity contribution in [1.29, 1.82) is 0 Å². The van der Waals surface area contributed by atoms with Gasteiger partial charge in [0.2, 0.25) is 5.91 Å². The van der Waals surface area contributed by atoms with Gasteiger partial charge in [-0.05, 0) is 36.1 Å². The minimum Gasteiger partial charge on any atom is -0.449 e. The molecule has 1 N–H and O–H groups in total. The number of ether oxygens (including phenoxy) is 1. The molecule has 1 aromatic carbocycles. The minimum atomic E-state index is -0.568. The van der Waals surface area contributed by atoms with Crippen LogP contribution in [0.5, 0.6) is 0 Å². The number of benzene rings is 1. The van der Waals surface area contributed by atoms with Crippen LogP contribution in [0.15, 0.2) is 18.2 Å². The molecule has 1 fully saturated rings. The van der Waals surface area contributed by atoms with Crippen LogP contribution in [0.3, 0.4) is 0 Å². The van der Waals surface area contributed by atoms with Gasteiger partial charge < -0.3 is 10.1 Å². The van der Waals surface area contributed by atoms with E-state index >= 15 is 0 Å². The molecular formula is C15H18F2N2O3. The Hall–Kier alpha value is -2.18. The van der Waals surface area contributed by atoms with Gasteiger partial charge in [-0.25, -0.2) is 13.6 Å². The number of nitrogens with one attached hydrogen (secondary N) is 1. The van der Waals surface area contributed by atoms with E-state index in [0.29, 0.717) is 13.1 Å². The van der Waals surface area contributed by atoms with E-state index in [9.17, 15) is 18.4 Å². The van der Waals surface area contributed by atoms with Gasteiger partial charge in [0.25, 0.3) is 0 Å². The average molecular weight is 312 g/mol. The van der Waals surface area contributed by atoms with Gasteiger partial charge in [0, 0.05) is 13.1 Å². The first kappa shape index (κ1) is 16.2. The van der Waals surface area contributed by atoms with Gasteiger partial charge in [0.1, 0.15) is 18.2 Å². The molecule has 2 amide bonds. The monoisotopic (exact) mass is 312 g/mol. The molecule has 120 valence electrons. The Morgan fingerprint density at radius 1 is 1.45 bits per heavy atom.